The second-order valence-corrected chi connectivity index (χ2v) is 5.73. The third-order valence-electron chi connectivity index (χ3n) is 3.60. The fourth-order valence-corrected chi connectivity index (χ4v) is 3.44. The van der Waals surface area contributed by atoms with Crippen LogP contribution in [-0.4, -0.2) is 10.1 Å². The minimum absolute atomic E-state index is 0.0417. The lowest BCUT2D eigenvalue weighted by atomic mass is 10.0. The van der Waals surface area contributed by atoms with E-state index in [2.05, 4.69) is 4.98 Å². The number of aromatic nitrogens is 1. The highest BCUT2D eigenvalue weighted by Crippen LogP contribution is 2.48. The van der Waals surface area contributed by atoms with Gasteiger partial charge in [0.05, 0.1) is 0 Å². The van der Waals surface area contributed by atoms with Crippen LogP contribution in [0.5, 0.6) is 5.75 Å². The molecule has 1 aliphatic carbocycles. The monoisotopic (exact) mass is 257 g/mol. The van der Waals surface area contributed by atoms with Crippen LogP contribution in [0.3, 0.4) is 0 Å². The summed E-state index contributed by atoms with van der Waals surface area (Å²) < 4.78 is 0.745. The summed E-state index contributed by atoms with van der Waals surface area (Å²) in [6, 6.07) is 5.45. The first-order valence-electron chi connectivity index (χ1n) is 6.01. The number of nitrogens with one attached hydrogen (secondary N) is 1. The average molecular weight is 257 g/mol. The Morgan fingerprint density at radius 1 is 1.28 bits per heavy atom. The Bertz CT molecular complexity index is 827. The van der Waals surface area contributed by atoms with Crippen molar-refractivity contribution in [1.29, 1.82) is 0 Å². The fraction of sp³-hybridized carbons (Fsp3) is 0.214. The molecule has 0 spiro atoms. The van der Waals surface area contributed by atoms with Crippen LogP contribution in [0.4, 0.5) is 0 Å². The molecular formula is C14H11NO2S. The highest BCUT2D eigenvalue weighted by Gasteiger charge is 2.29. The summed E-state index contributed by atoms with van der Waals surface area (Å²) in [7, 11) is 0. The third kappa shape index (κ3) is 1.26. The molecule has 4 rings (SSSR count). The van der Waals surface area contributed by atoms with E-state index in [0.717, 1.165) is 39.4 Å². The maximum atomic E-state index is 11.9. The first kappa shape index (κ1) is 10.1. The van der Waals surface area contributed by atoms with Gasteiger partial charge in [0.2, 0.25) is 0 Å². The van der Waals surface area contributed by atoms with Crippen molar-refractivity contribution in [3.05, 3.63) is 39.5 Å². The summed E-state index contributed by atoms with van der Waals surface area (Å²) in [5.74, 6) is 0.798. The van der Waals surface area contributed by atoms with Crippen LogP contribution in [0.2, 0.25) is 0 Å². The van der Waals surface area contributed by atoms with Crippen molar-refractivity contribution in [3.63, 3.8) is 0 Å². The van der Waals surface area contributed by atoms with Gasteiger partial charge in [0.25, 0.3) is 5.56 Å². The molecule has 2 N–H and O–H groups in total. The standard InChI is InChI=1S/C14H11NO2S/c16-10-4-3-9-12(11(10)7-1-2-7)8-5-6-18-13(8)14(17)15-9/h3-7,16H,1-2H2,(H,15,17). The molecule has 1 aliphatic rings. The van der Waals surface area contributed by atoms with Crippen molar-refractivity contribution >= 4 is 32.3 Å². The van der Waals surface area contributed by atoms with E-state index in [0.29, 0.717) is 11.7 Å². The number of phenols is 1. The molecule has 1 aromatic carbocycles. The molecule has 2 heterocycles. The molecule has 0 aliphatic heterocycles. The van der Waals surface area contributed by atoms with Gasteiger partial charge < -0.3 is 10.1 Å². The number of rotatable bonds is 1. The molecular weight excluding hydrogens is 246 g/mol. The van der Waals surface area contributed by atoms with Crippen LogP contribution in [0.15, 0.2) is 28.4 Å². The first-order chi connectivity index (χ1) is 8.75. The third-order valence-corrected chi connectivity index (χ3v) is 4.51. The second kappa shape index (κ2) is 3.36. The number of aromatic hydroxyl groups is 1. The lowest BCUT2D eigenvalue weighted by Gasteiger charge is -2.09. The van der Waals surface area contributed by atoms with Gasteiger partial charge in [0, 0.05) is 21.9 Å². The zero-order valence-corrected chi connectivity index (χ0v) is 10.4. The van der Waals surface area contributed by atoms with Gasteiger partial charge in [-0.15, -0.1) is 11.3 Å². The van der Waals surface area contributed by atoms with Crippen molar-refractivity contribution in [1.82, 2.24) is 4.98 Å². The lowest BCUT2D eigenvalue weighted by Crippen LogP contribution is -2.05. The zero-order chi connectivity index (χ0) is 12.3. The maximum Gasteiger partial charge on any atom is 0.266 e. The van der Waals surface area contributed by atoms with Crippen LogP contribution in [0, 0.1) is 0 Å². The summed E-state index contributed by atoms with van der Waals surface area (Å²) >= 11 is 1.45. The number of pyridine rings is 1. The predicted molar refractivity (Wildman–Crippen MR) is 73.6 cm³/mol. The minimum Gasteiger partial charge on any atom is -0.508 e. The van der Waals surface area contributed by atoms with Crippen molar-refractivity contribution in [2.24, 2.45) is 0 Å². The molecule has 0 unspecified atom stereocenters. The van der Waals surface area contributed by atoms with Gasteiger partial charge in [-0.25, -0.2) is 0 Å². The number of hydrogen-bond donors (Lipinski definition) is 2. The Morgan fingerprint density at radius 2 is 2.11 bits per heavy atom. The average Bonchev–Trinajstić information content (AvgIpc) is 3.06. The van der Waals surface area contributed by atoms with E-state index in [1.54, 1.807) is 12.1 Å². The highest BCUT2D eigenvalue weighted by molar-refractivity contribution is 7.17. The zero-order valence-electron chi connectivity index (χ0n) is 9.56. The van der Waals surface area contributed by atoms with Crippen molar-refractivity contribution in [3.8, 4) is 5.75 Å². The Hall–Kier alpha value is -1.81. The number of aromatic amines is 1. The second-order valence-electron chi connectivity index (χ2n) is 4.81. The van der Waals surface area contributed by atoms with Gasteiger partial charge in [-0.05, 0) is 42.3 Å². The Labute approximate surface area is 107 Å². The van der Waals surface area contributed by atoms with Crippen molar-refractivity contribution < 1.29 is 5.11 Å². The van der Waals surface area contributed by atoms with E-state index in [-0.39, 0.29) is 5.56 Å². The minimum atomic E-state index is -0.0417. The molecule has 0 bridgehead atoms. The number of phenolic OH excluding ortho intramolecular Hbond substituents is 1. The van der Waals surface area contributed by atoms with Gasteiger partial charge in [0.15, 0.2) is 0 Å². The molecule has 0 atom stereocenters. The van der Waals surface area contributed by atoms with Gasteiger partial charge >= 0.3 is 0 Å². The van der Waals surface area contributed by atoms with E-state index in [1.807, 2.05) is 11.4 Å². The van der Waals surface area contributed by atoms with Crippen LogP contribution in [0.25, 0.3) is 21.0 Å². The number of H-pyrrole nitrogens is 1. The molecule has 0 saturated heterocycles. The maximum absolute atomic E-state index is 11.9. The Kier molecular flexibility index (Phi) is 1.89. The summed E-state index contributed by atoms with van der Waals surface area (Å²) in [5, 5.41) is 14.0. The predicted octanol–water partition coefficient (Wildman–Crippen LogP) is 3.33. The van der Waals surface area contributed by atoms with Crippen molar-refractivity contribution in [2.45, 2.75) is 18.8 Å². The molecule has 4 heteroatoms. The van der Waals surface area contributed by atoms with Crippen LogP contribution in [0.1, 0.15) is 24.3 Å². The number of hydrogen-bond acceptors (Lipinski definition) is 3. The summed E-state index contributed by atoms with van der Waals surface area (Å²) in [6.45, 7) is 0. The van der Waals surface area contributed by atoms with Gasteiger partial charge in [-0.1, -0.05) is 0 Å². The lowest BCUT2D eigenvalue weighted by molar-refractivity contribution is 0.469. The Morgan fingerprint density at radius 3 is 2.89 bits per heavy atom. The van der Waals surface area contributed by atoms with Crippen LogP contribution < -0.4 is 5.56 Å². The number of benzene rings is 1. The summed E-state index contributed by atoms with van der Waals surface area (Å²) in [4.78, 5) is 14.8. The SMILES string of the molecule is O=c1[nH]c2ccc(O)c(C3CC3)c2c2ccsc12. The molecule has 2 aromatic heterocycles. The molecule has 18 heavy (non-hydrogen) atoms. The van der Waals surface area contributed by atoms with E-state index in [9.17, 15) is 9.90 Å². The largest absolute Gasteiger partial charge is 0.508 e. The normalized spacial score (nSPS) is 15.6. The molecule has 3 aromatic rings. The van der Waals surface area contributed by atoms with Crippen LogP contribution in [-0.2, 0) is 0 Å². The van der Waals surface area contributed by atoms with Gasteiger partial charge in [-0.3, -0.25) is 4.79 Å². The molecule has 3 nitrogen and oxygen atoms in total. The van der Waals surface area contributed by atoms with E-state index in [1.165, 1.54) is 11.3 Å². The number of thiophene rings is 1. The molecule has 1 saturated carbocycles. The number of fused-ring (bicyclic) bond motifs is 3. The van der Waals surface area contributed by atoms with E-state index >= 15 is 0 Å². The summed E-state index contributed by atoms with van der Waals surface area (Å²) in [5.41, 5.74) is 1.79. The fourth-order valence-electron chi connectivity index (χ4n) is 2.65. The summed E-state index contributed by atoms with van der Waals surface area (Å²) in [6.07, 6.45) is 2.24. The molecule has 1 fully saturated rings. The Balaban J connectivity index is 2.29. The first-order valence-corrected chi connectivity index (χ1v) is 6.89. The smallest absolute Gasteiger partial charge is 0.266 e. The molecule has 0 radical (unpaired) electrons. The topological polar surface area (TPSA) is 53.1 Å². The quantitative estimate of drug-likeness (QED) is 0.702. The van der Waals surface area contributed by atoms with E-state index < -0.39 is 0 Å². The van der Waals surface area contributed by atoms with Crippen molar-refractivity contribution in [2.75, 3.05) is 0 Å². The molecule has 90 valence electrons. The molecule has 0 amide bonds. The van der Waals surface area contributed by atoms with E-state index in [4.69, 9.17) is 0 Å². The van der Waals surface area contributed by atoms with Gasteiger partial charge in [-0.2, -0.15) is 0 Å². The highest BCUT2D eigenvalue weighted by atomic mass is 32.1. The van der Waals surface area contributed by atoms with Gasteiger partial charge in [0.1, 0.15) is 10.4 Å². The van der Waals surface area contributed by atoms with Crippen LogP contribution >= 0.6 is 11.3 Å².